The lowest BCUT2D eigenvalue weighted by atomic mass is 10.1. The first kappa shape index (κ1) is 11.9. The Morgan fingerprint density at radius 1 is 1.41 bits per heavy atom. The van der Waals surface area contributed by atoms with Gasteiger partial charge in [-0.15, -0.1) is 0 Å². The van der Waals surface area contributed by atoms with Gasteiger partial charge in [0.1, 0.15) is 6.10 Å². The molecule has 2 rings (SSSR count). The zero-order valence-electron chi connectivity index (χ0n) is 9.81. The molecule has 1 aliphatic rings. The van der Waals surface area contributed by atoms with Crippen LogP contribution in [-0.2, 0) is 0 Å². The Bertz CT molecular complexity index is 414. The molecular formula is C12H16N2O3. The molecule has 0 radical (unpaired) electrons. The number of hydrogen-bond acceptors (Lipinski definition) is 4. The van der Waals surface area contributed by atoms with Crippen LogP contribution >= 0.6 is 0 Å². The molecule has 1 heterocycles. The van der Waals surface area contributed by atoms with Gasteiger partial charge in [0.2, 0.25) is 0 Å². The molecule has 1 aromatic carbocycles. The summed E-state index contributed by atoms with van der Waals surface area (Å²) < 4.78 is 5.75. The van der Waals surface area contributed by atoms with E-state index in [9.17, 15) is 10.1 Å². The van der Waals surface area contributed by atoms with Crippen molar-refractivity contribution in [3.63, 3.8) is 0 Å². The highest BCUT2D eigenvalue weighted by Gasteiger charge is 2.20. The van der Waals surface area contributed by atoms with Crippen LogP contribution in [0.3, 0.4) is 0 Å². The second-order valence-electron chi connectivity index (χ2n) is 4.30. The molecule has 0 atom stereocenters. The molecule has 1 N–H and O–H groups in total. The Balaban J connectivity index is 2.17. The van der Waals surface area contributed by atoms with E-state index in [4.69, 9.17) is 4.74 Å². The Kier molecular flexibility index (Phi) is 3.58. The number of aryl methyl sites for hydroxylation is 1. The van der Waals surface area contributed by atoms with E-state index in [0.717, 1.165) is 31.5 Å². The van der Waals surface area contributed by atoms with Crippen LogP contribution in [0.25, 0.3) is 0 Å². The highest BCUT2D eigenvalue weighted by molar-refractivity contribution is 5.48. The van der Waals surface area contributed by atoms with Crippen molar-refractivity contribution >= 4 is 5.69 Å². The fraction of sp³-hybridized carbons (Fsp3) is 0.500. The van der Waals surface area contributed by atoms with Crippen LogP contribution < -0.4 is 10.1 Å². The summed E-state index contributed by atoms with van der Waals surface area (Å²) in [5.41, 5.74) is 1.02. The normalized spacial score (nSPS) is 16.8. The van der Waals surface area contributed by atoms with Gasteiger partial charge >= 0.3 is 5.69 Å². The standard InChI is InChI=1S/C12H16N2O3/c1-9-2-3-11(14(15)16)12(8-9)17-10-4-6-13-7-5-10/h2-3,8,10,13H,4-7H2,1H3. The molecule has 5 heteroatoms. The summed E-state index contributed by atoms with van der Waals surface area (Å²) in [6, 6.07) is 4.97. The molecule has 92 valence electrons. The lowest BCUT2D eigenvalue weighted by Gasteiger charge is -2.23. The van der Waals surface area contributed by atoms with E-state index in [0.29, 0.717) is 5.75 Å². The molecule has 5 nitrogen and oxygen atoms in total. The first-order valence-electron chi connectivity index (χ1n) is 5.79. The molecule has 1 fully saturated rings. The van der Waals surface area contributed by atoms with Crippen molar-refractivity contribution in [2.45, 2.75) is 25.9 Å². The lowest BCUT2D eigenvalue weighted by molar-refractivity contribution is -0.386. The van der Waals surface area contributed by atoms with Gasteiger partial charge < -0.3 is 10.1 Å². The molecule has 17 heavy (non-hydrogen) atoms. The minimum Gasteiger partial charge on any atom is -0.483 e. The summed E-state index contributed by atoms with van der Waals surface area (Å²) in [5, 5.41) is 14.1. The number of piperidine rings is 1. The van der Waals surface area contributed by atoms with Crippen molar-refractivity contribution in [1.29, 1.82) is 0 Å². The molecule has 0 aliphatic carbocycles. The third-order valence-corrected chi connectivity index (χ3v) is 2.89. The summed E-state index contributed by atoms with van der Waals surface area (Å²) in [6.45, 7) is 3.72. The van der Waals surface area contributed by atoms with Gasteiger partial charge in [0.05, 0.1) is 4.92 Å². The van der Waals surface area contributed by atoms with Crippen LogP contribution in [0.4, 0.5) is 5.69 Å². The van der Waals surface area contributed by atoms with Gasteiger partial charge in [0.25, 0.3) is 0 Å². The monoisotopic (exact) mass is 236 g/mol. The molecule has 1 aromatic rings. The molecule has 0 spiro atoms. The maximum atomic E-state index is 10.9. The molecule has 0 bridgehead atoms. The van der Waals surface area contributed by atoms with Gasteiger partial charge in [-0.25, -0.2) is 0 Å². The molecule has 0 aromatic heterocycles. The van der Waals surface area contributed by atoms with Crippen LogP contribution in [0, 0.1) is 17.0 Å². The van der Waals surface area contributed by atoms with Crippen molar-refractivity contribution < 1.29 is 9.66 Å². The van der Waals surface area contributed by atoms with Crippen LogP contribution in [0.1, 0.15) is 18.4 Å². The molecule has 0 amide bonds. The van der Waals surface area contributed by atoms with E-state index < -0.39 is 4.92 Å². The predicted octanol–water partition coefficient (Wildman–Crippen LogP) is 2.03. The fourth-order valence-corrected chi connectivity index (χ4v) is 1.96. The van der Waals surface area contributed by atoms with Gasteiger partial charge in [0.15, 0.2) is 5.75 Å². The SMILES string of the molecule is Cc1ccc([N+](=O)[O-])c(OC2CCNCC2)c1. The third-order valence-electron chi connectivity index (χ3n) is 2.89. The van der Waals surface area contributed by atoms with Gasteiger partial charge in [-0.3, -0.25) is 10.1 Å². The van der Waals surface area contributed by atoms with Crippen molar-refractivity contribution in [3.05, 3.63) is 33.9 Å². The van der Waals surface area contributed by atoms with Crippen molar-refractivity contribution in [2.24, 2.45) is 0 Å². The Morgan fingerprint density at radius 2 is 2.12 bits per heavy atom. The third kappa shape index (κ3) is 2.94. The van der Waals surface area contributed by atoms with Crippen molar-refractivity contribution in [2.75, 3.05) is 13.1 Å². The maximum absolute atomic E-state index is 10.9. The number of nitrogens with zero attached hydrogens (tertiary/aromatic N) is 1. The topological polar surface area (TPSA) is 64.4 Å². The number of benzene rings is 1. The number of ether oxygens (including phenoxy) is 1. The van der Waals surface area contributed by atoms with Crippen molar-refractivity contribution in [3.8, 4) is 5.75 Å². The largest absolute Gasteiger partial charge is 0.483 e. The summed E-state index contributed by atoms with van der Waals surface area (Å²) in [6.07, 6.45) is 1.87. The molecule has 0 saturated carbocycles. The Hall–Kier alpha value is -1.62. The second-order valence-corrected chi connectivity index (χ2v) is 4.30. The quantitative estimate of drug-likeness (QED) is 0.644. The zero-order chi connectivity index (χ0) is 12.3. The number of nitro benzene ring substituents is 1. The van der Waals surface area contributed by atoms with E-state index in [1.54, 1.807) is 12.1 Å². The average molecular weight is 236 g/mol. The van der Waals surface area contributed by atoms with E-state index in [2.05, 4.69) is 5.32 Å². The summed E-state index contributed by atoms with van der Waals surface area (Å²) in [4.78, 5) is 10.5. The number of rotatable bonds is 3. The molecule has 0 unspecified atom stereocenters. The molecule has 1 aliphatic heterocycles. The van der Waals surface area contributed by atoms with Crippen LogP contribution in [0.5, 0.6) is 5.75 Å². The van der Waals surface area contributed by atoms with Crippen LogP contribution in [-0.4, -0.2) is 24.1 Å². The smallest absolute Gasteiger partial charge is 0.310 e. The highest BCUT2D eigenvalue weighted by Crippen LogP contribution is 2.29. The van der Waals surface area contributed by atoms with E-state index >= 15 is 0 Å². The average Bonchev–Trinajstić information content (AvgIpc) is 2.30. The first-order chi connectivity index (χ1) is 8.16. The zero-order valence-corrected chi connectivity index (χ0v) is 9.81. The lowest BCUT2D eigenvalue weighted by Crippen LogP contribution is -2.34. The molecule has 1 saturated heterocycles. The fourth-order valence-electron chi connectivity index (χ4n) is 1.96. The number of nitrogens with one attached hydrogen (secondary N) is 1. The second kappa shape index (κ2) is 5.14. The van der Waals surface area contributed by atoms with Gasteiger partial charge in [-0.2, -0.15) is 0 Å². The number of hydrogen-bond donors (Lipinski definition) is 1. The minimum atomic E-state index is -0.393. The summed E-state index contributed by atoms with van der Waals surface area (Å²) >= 11 is 0. The Labute approximate surface area is 99.9 Å². The van der Waals surface area contributed by atoms with Gasteiger partial charge in [-0.1, -0.05) is 6.07 Å². The molecular weight excluding hydrogens is 220 g/mol. The van der Waals surface area contributed by atoms with Crippen molar-refractivity contribution in [1.82, 2.24) is 5.32 Å². The van der Waals surface area contributed by atoms with E-state index in [-0.39, 0.29) is 11.8 Å². The Morgan fingerprint density at radius 3 is 2.76 bits per heavy atom. The van der Waals surface area contributed by atoms with Gasteiger partial charge in [0, 0.05) is 6.07 Å². The first-order valence-corrected chi connectivity index (χ1v) is 5.79. The van der Waals surface area contributed by atoms with E-state index in [1.165, 1.54) is 6.07 Å². The van der Waals surface area contributed by atoms with Gasteiger partial charge in [-0.05, 0) is 44.5 Å². The predicted molar refractivity (Wildman–Crippen MR) is 64.4 cm³/mol. The highest BCUT2D eigenvalue weighted by atomic mass is 16.6. The van der Waals surface area contributed by atoms with E-state index in [1.807, 2.05) is 6.92 Å². The summed E-state index contributed by atoms with van der Waals surface area (Å²) in [5.74, 6) is 0.391. The maximum Gasteiger partial charge on any atom is 0.310 e. The summed E-state index contributed by atoms with van der Waals surface area (Å²) in [7, 11) is 0. The van der Waals surface area contributed by atoms with Crippen LogP contribution in [0.15, 0.2) is 18.2 Å². The number of nitro groups is 1. The van der Waals surface area contributed by atoms with Crippen LogP contribution in [0.2, 0.25) is 0 Å². The minimum absolute atomic E-state index is 0.0501.